The number of carbonyl (C=O) groups excluding carboxylic acids is 1. The minimum absolute atomic E-state index is 0.0451. The molecule has 0 spiro atoms. The van der Waals surface area contributed by atoms with E-state index >= 15 is 0 Å². The van der Waals surface area contributed by atoms with Gasteiger partial charge in [-0.2, -0.15) is 0 Å². The molecule has 1 N–H and O–H groups in total. The first-order chi connectivity index (χ1) is 11.8. The smallest absolute Gasteiger partial charge is 0.154 e. The molecular formula is C19H29NO4S. The monoisotopic (exact) mass is 367 g/mol. The molecular weight excluding hydrogens is 338 g/mol. The lowest BCUT2D eigenvalue weighted by molar-refractivity contribution is -0.122. The Kier molecular flexibility index (Phi) is 6.87. The quantitative estimate of drug-likeness (QED) is 0.763. The van der Waals surface area contributed by atoms with Crippen molar-refractivity contribution < 1.29 is 17.9 Å². The molecule has 0 aromatic heterocycles. The maximum absolute atomic E-state index is 12.4. The lowest BCUT2D eigenvalue weighted by Crippen LogP contribution is -2.30. The number of methoxy groups -OCH3 is 1. The predicted molar refractivity (Wildman–Crippen MR) is 101 cm³/mol. The Labute approximate surface area is 151 Å². The number of anilines is 1. The lowest BCUT2D eigenvalue weighted by Gasteiger charge is -2.28. The summed E-state index contributed by atoms with van der Waals surface area (Å²) >= 11 is 0. The first kappa shape index (κ1) is 19.8. The second kappa shape index (κ2) is 8.70. The van der Waals surface area contributed by atoms with E-state index in [-0.39, 0.29) is 28.6 Å². The fourth-order valence-electron chi connectivity index (χ4n) is 3.21. The first-order valence-corrected chi connectivity index (χ1v) is 10.7. The van der Waals surface area contributed by atoms with E-state index in [1.54, 1.807) is 21.0 Å². The molecule has 1 aromatic carbocycles. The predicted octanol–water partition coefficient (Wildman–Crippen LogP) is 3.31. The van der Waals surface area contributed by atoms with Gasteiger partial charge in [-0.3, -0.25) is 4.79 Å². The van der Waals surface area contributed by atoms with Crippen LogP contribution >= 0.6 is 0 Å². The van der Waals surface area contributed by atoms with Crippen molar-refractivity contribution in [1.29, 1.82) is 0 Å². The molecule has 1 aliphatic rings. The van der Waals surface area contributed by atoms with Crippen molar-refractivity contribution in [3.63, 3.8) is 0 Å². The van der Waals surface area contributed by atoms with Gasteiger partial charge in [0.25, 0.3) is 0 Å². The lowest BCUT2D eigenvalue weighted by atomic mass is 9.81. The van der Waals surface area contributed by atoms with Crippen molar-refractivity contribution in [1.82, 2.24) is 0 Å². The molecule has 2 rings (SSSR count). The molecule has 0 amide bonds. The highest BCUT2D eigenvalue weighted by Gasteiger charge is 2.29. The summed E-state index contributed by atoms with van der Waals surface area (Å²) in [6.07, 6.45) is 3.23. The minimum Gasteiger partial charge on any atom is -0.497 e. The van der Waals surface area contributed by atoms with Crippen LogP contribution in [0.3, 0.4) is 0 Å². The Bertz CT molecular complexity index is 659. The van der Waals surface area contributed by atoms with Crippen LogP contribution in [-0.4, -0.2) is 38.9 Å². The van der Waals surface area contributed by atoms with Gasteiger partial charge in [0.05, 0.1) is 24.7 Å². The number of ether oxygens (including phenoxy) is 1. The standard InChI is InChI=1S/C19H29NO4S/c1-14(2)25(22,23)13-15-4-6-16(7-5-15)19(21)12-20-17-8-10-18(24-3)11-9-17/h8-11,14-16,20H,4-7,12-13H2,1-3H3. The first-order valence-electron chi connectivity index (χ1n) is 8.94. The fourth-order valence-corrected chi connectivity index (χ4v) is 4.59. The number of benzene rings is 1. The Balaban J connectivity index is 1.77. The van der Waals surface area contributed by atoms with Crippen molar-refractivity contribution in [3.8, 4) is 5.75 Å². The van der Waals surface area contributed by atoms with Gasteiger partial charge in [0.2, 0.25) is 0 Å². The van der Waals surface area contributed by atoms with Gasteiger partial charge in [0, 0.05) is 11.6 Å². The highest BCUT2D eigenvalue weighted by Crippen LogP contribution is 2.31. The van der Waals surface area contributed by atoms with Crippen LogP contribution in [0, 0.1) is 11.8 Å². The SMILES string of the molecule is COc1ccc(NCC(=O)C2CCC(CS(=O)(=O)C(C)C)CC2)cc1. The summed E-state index contributed by atoms with van der Waals surface area (Å²) in [6.45, 7) is 3.77. The van der Waals surface area contributed by atoms with Crippen molar-refractivity contribution in [3.05, 3.63) is 24.3 Å². The van der Waals surface area contributed by atoms with E-state index in [2.05, 4.69) is 5.32 Å². The fraction of sp³-hybridized carbons (Fsp3) is 0.632. The molecule has 1 aliphatic carbocycles. The maximum atomic E-state index is 12.4. The third-order valence-electron chi connectivity index (χ3n) is 5.05. The number of hydrogen-bond acceptors (Lipinski definition) is 5. The van der Waals surface area contributed by atoms with Gasteiger partial charge in [-0.25, -0.2) is 8.42 Å². The maximum Gasteiger partial charge on any atom is 0.154 e. The Morgan fingerprint density at radius 3 is 2.28 bits per heavy atom. The van der Waals surface area contributed by atoms with Crippen molar-refractivity contribution in [2.75, 3.05) is 24.7 Å². The van der Waals surface area contributed by atoms with E-state index in [9.17, 15) is 13.2 Å². The summed E-state index contributed by atoms with van der Waals surface area (Å²) < 4.78 is 29.2. The number of nitrogens with one attached hydrogen (secondary N) is 1. The number of ketones is 1. The average molecular weight is 368 g/mol. The van der Waals surface area contributed by atoms with Gasteiger partial charge in [0.15, 0.2) is 15.6 Å². The van der Waals surface area contributed by atoms with E-state index in [0.717, 1.165) is 37.1 Å². The zero-order valence-corrected chi connectivity index (χ0v) is 16.1. The molecule has 0 atom stereocenters. The molecule has 0 heterocycles. The topological polar surface area (TPSA) is 72.5 Å². The zero-order valence-electron chi connectivity index (χ0n) is 15.3. The molecule has 6 heteroatoms. The van der Waals surface area contributed by atoms with Crippen LogP contribution in [0.4, 0.5) is 5.69 Å². The number of rotatable bonds is 8. The molecule has 1 fully saturated rings. The summed E-state index contributed by atoms with van der Waals surface area (Å²) in [5.41, 5.74) is 0.894. The molecule has 0 unspecified atom stereocenters. The molecule has 25 heavy (non-hydrogen) atoms. The van der Waals surface area contributed by atoms with Crippen molar-refractivity contribution in [2.24, 2.45) is 11.8 Å². The summed E-state index contributed by atoms with van der Waals surface area (Å²) in [5.74, 6) is 1.50. The zero-order chi connectivity index (χ0) is 18.4. The third-order valence-corrected chi connectivity index (χ3v) is 7.42. The number of Topliss-reactive ketones (excluding diaryl/α,β-unsaturated/α-hetero) is 1. The summed E-state index contributed by atoms with van der Waals surface area (Å²) in [6, 6.07) is 7.49. The normalized spacial score (nSPS) is 21.1. The van der Waals surface area contributed by atoms with Crippen molar-refractivity contribution >= 4 is 21.3 Å². The third kappa shape index (κ3) is 5.73. The minimum atomic E-state index is -3.00. The van der Waals surface area contributed by atoms with E-state index in [0.29, 0.717) is 6.54 Å². The molecule has 0 bridgehead atoms. The molecule has 1 saturated carbocycles. The number of sulfone groups is 1. The van der Waals surface area contributed by atoms with E-state index in [1.807, 2.05) is 24.3 Å². The average Bonchev–Trinajstić information content (AvgIpc) is 2.60. The Morgan fingerprint density at radius 1 is 1.16 bits per heavy atom. The Morgan fingerprint density at radius 2 is 1.76 bits per heavy atom. The van der Waals surface area contributed by atoms with E-state index in [1.165, 1.54) is 0 Å². The summed E-state index contributed by atoms with van der Waals surface area (Å²) in [7, 11) is -1.38. The van der Waals surface area contributed by atoms with E-state index in [4.69, 9.17) is 4.74 Å². The van der Waals surface area contributed by atoms with Gasteiger partial charge < -0.3 is 10.1 Å². The number of carbonyl (C=O) groups is 1. The molecule has 1 aromatic rings. The van der Waals surface area contributed by atoms with Crippen LogP contribution in [0.5, 0.6) is 5.75 Å². The highest BCUT2D eigenvalue weighted by atomic mass is 32.2. The molecule has 0 radical (unpaired) electrons. The molecule has 5 nitrogen and oxygen atoms in total. The van der Waals surface area contributed by atoms with Crippen LogP contribution < -0.4 is 10.1 Å². The van der Waals surface area contributed by atoms with Crippen LogP contribution in [0.2, 0.25) is 0 Å². The van der Waals surface area contributed by atoms with Gasteiger partial charge in [-0.15, -0.1) is 0 Å². The molecule has 0 aliphatic heterocycles. The van der Waals surface area contributed by atoms with Crippen LogP contribution in [0.25, 0.3) is 0 Å². The second-order valence-electron chi connectivity index (χ2n) is 7.14. The number of hydrogen-bond donors (Lipinski definition) is 1. The van der Waals surface area contributed by atoms with Gasteiger partial charge in [0.1, 0.15) is 5.75 Å². The van der Waals surface area contributed by atoms with Gasteiger partial charge in [-0.05, 0) is 69.7 Å². The molecule has 0 saturated heterocycles. The highest BCUT2D eigenvalue weighted by molar-refractivity contribution is 7.91. The summed E-state index contributed by atoms with van der Waals surface area (Å²) in [5, 5.41) is 2.84. The Hall–Kier alpha value is -1.56. The largest absolute Gasteiger partial charge is 0.497 e. The van der Waals surface area contributed by atoms with Crippen LogP contribution in [0.15, 0.2) is 24.3 Å². The van der Waals surface area contributed by atoms with Gasteiger partial charge in [-0.1, -0.05) is 0 Å². The van der Waals surface area contributed by atoms with Gasteiger partial charge >= 0.3 is 0 Å². The summed E-state index contributed by atoms with van der Waals surface area (Å²) in [4.78, 5) is 12.4. The van der Waals surface area contributed by atoms with Crippen LogP contribution in [0.1, 0.15) is 39.5 Å². The van der Waals surface area contributed by atoms with Crippen molar-refractivity contribution in [2.45, 2.75) is 44.8 Å². The molecule has 140 valence electrons. The second-order valence-corrected chi connectivity index (χ2v) is 9.75. The van der Waals surface area contributed by atoms with E-state index < -0.39 is 9.84 Å². The van der Waals surface area contributed by atoms with Crippen LogP contribution in [-0.2, 0) is 14.6 Å².